The number of amides is 1. The van der Waals surface area contributed by atoms with E-state index in [4.69, 9.17) is 16.7 Å². The molecule has 1 saturated heterocycles. The average molecular weight is 399 g/mol. The molecule has 5 nitrogen and oxygen atoms in total. The number of carboxylic acids is 1. The number of piperidine rings is 1. The number of halogens is 1. The highest BCUT2D eigenvalue weighted by atomic mass is 35.5. The van der Waals surface area contributed by atoms with E-state index in [0.29, 0.717) is 22.2 Å². The van der Waals surface area contributed by atoms with Gasteiger partial charge in [0.25, 0.3) is 5.91 Å². The number of carbonyl (C=O) groups excluding carboxylic acids is 1. The van der Waals surface area contributed by atoms with E-state index in [1.165, 1.54) is 22.7 Å². The fourth-order valence-corrected chi connectivity index (χ4v) is 5.22. The first-order chi connectivity index (χ1) is 11.9. The molecular weight excluding hydrogens is 380 g/mol. The molecule has 25 heavy (non-hydrogen) atoms. The highest BCUT2D eigenvalue weighted by Crippen LogP contribution is 2.35. The summed E-state index contributed by atoms with van der Waals surface area (Å²) in [5.74, 6) is -0.512. The van der Waals surface area contributed by atoms with Gasteiger partial charge >= 0.3 is 5.97 Å². The summed E-state index contributed by atoms with van der Waals surface area (Å²) < 4.78 is 0.702. The molecule has 1 fully saturated rings. The van der Waals surface area contributed by atoms with Crippen molar-refractivity contribution >= 4 is 46.2 Å². The molecule has 1 unspecified atom stereocenters. The van der Waals surface area contributed by atoms with Gasteiger partial charge in [0, 0.05) is 19.5 Å². The molecule has 1 aliphatic heterocycles. The molecule has 1 atom stereocenters. The Morgan fingerprint density at radius 3 is 2.88 bits per heavy atom. The van der Waals surface area contributed by atoms with Gasteiger partial charge in [-0.05, 0) is 44.2 Å². The maximum atomic E-state index is 12.9. The number of nitrogens with zero attached hydrogens (tertiary/aromatic N) is 2. The van der Waals surface area contributed by atoms with Crippen molar-refractivity contribution in [3.8, 4) is 9.88 Å². The van der Waals surface area contributed by atoms with Gasteiger partial charge in [0.15, 0.2) is 0 Å². The maximum Gasteiger partial charge on any atom is 0.303 e. The minimum atomic E-state index is -0.777. The Bertz CT molecular complexity index is 787. The van der Waals surface area contributed by atoms with Crippen LogP contribution in [0.5, 0.6) is 0 Å². The molecule has 3 heterocycles. The summed E-state index contributed by atoms with van der Waals surface area (Å²) in [6, 6.07) is 3.75. The van der Waals surface area contributed by atoms with E-state index in [0.717, 1.165) is 35.0 Å². The van der Waals surface area contributed by atoms with E-state index >= 15 is 0 Å². The molecule has 0 saturated carbocycles. The maximum absolute atomic E-state index is 12.9. The molecule has 2 aromatic heterocycles. The predicted molar refractivity (Wildman–Crippen MR) is 101 cm³/mol. The number of carbonyl (C=O) groups is 2. The van der Waals surface area contributed by atoms with Crippen LogP contribution in [-0.4, -0.2) is 40.0 Å². The van der Waals surface area contributed by atoms with Gasteiger partial charge in [-0.3, -0.25) is 9.59 Å². The molecule has 3 rings (SSSR count). The third kappa shape index (κ3) is 4.40. The van der Waals surface area contributed by atoms with Crippen molar-refractivity contribution in [3.05, 3.63) is 27.0 Å². The van der Waals surface area contributed by atoms with Gasteiger partial charge in [0.1, 0.15) is 9.88 Å². The lowest BCUT2D eigenvalue weighted by Gasteiger charge is -2.32. The number of hydrogen-bond donors (Lipinski definition) is 1. The Kier molecular flexibility index (Phi) is 5.76. The molecule has 0 aliphatic carbocycles. The Morgan fingerprint density at radius 2 is 2.20 bits per heavy atom. The first kappa shape index (κ1) is 18.4. The molecule has 2 aromatic rings. The quantitative estimate of drug-likeness (QED) is 0.801. The number of hydrogen-bond acceptors (Lipinski definition) is 5. The summed E-state index contributed by atoms with van der Waals surface area (Å²) in [5, 5.41) is 9.67. The summed E-state index contributed by atoms with van der Waals surface area (Å²) in [6.45, 7) is 3.21. The van der Waals surface area contributed by atoms with E-state index < -0.39 is 5.97 Å². The Balaban J connectivity index is 1.72. The fraction of sp³-hybridized carbons (Fsp3) is 0.471. The first-order valence-corrected chi connectivity index (χ1v) is 10.2. The molecule has 0 spiro atoms. The summed E-state index contributed by atoms with van der Waals surface area (Å²) in [4.78, 5) is 31.7. The van der Waals surface area contributed by atoms with Crippen LogP contribution in [0, 0.1) is 12.8 Å². The second kappa shape index (κ2) is 7.85. The van der Waals surface area contributed by atoms with Crippen molar-refractivity contribution in [1.82, 2.24) is 9.88 Å². The van der Waals surface area contributed by atoms with Gasteiger partial charge in [0.05, 0.1) is 14.9 Å². The van der Waals surface area contributed by atoms with E-state index in [-0.39, 0.29) is 18.2 Å². The van der Waals surface area contributed by atoms with E-state index in [1.807, 2.05) is 24.0 Å². The van der Waals surface area contributed by atoms with Gasteiger partial charge in [-0.1, -0.05) is 11.6 Å². The van der Waals surface area contributed by atoms with Gasteiger partial charge in [-0.15, -0.1) is 22.7 Å². The highest BCUT2D eigenvalue weighted by Gasteiger charge is 2.27. The van der Waals surface area contributed by atoms with Gasteiger partial charge < -0.3 is 10.0 Å². The topological polar surface area (TPSA) is 70.5 Å². The van der Waals surface area contributed by atoms with Gasteiger partial charge in [-0.25, -0.2) is 4.98 Å². The number of aliphatic carboxylic acids is 1. The minimum absolute atomic E-state index is 0.00364. The van der Waals surface area contributed by atoms with Crippen molar-refractivity contribution in [3.63, 3.8) is 0 Å². The second-order valence-electron chi connectivity index (χ2n) is 6.23. The molecule has 0 aromatic carbocycles. The van der Waals surface area contributed by atoms with Crippen LogP contribution >= 0.6 is 34.3 Å². The van der Waals surface area contributed by atoms with Crippen molar-refractivity contribution in [2.24, 2.45) is 5.92 Å². The standard InChI is InChI=1S/C17H19ClN2O3S2/c1-10-15(25-16(19-10)12-5-6-13(18)24-12)17(23)20-8-2-3-11(9-20)4-7-14(21)22/h5-6,11H,2-4,7-9H2,1H3,(H,21,22). The smallest absolute Gasteiger partial charge is 0.303 e. The molecule has 1 N–H and O–H groups in total. The van der Waals surface area contributed by atoms with Crippen LogP contribution < -0.4 is 0 Å². The number of aryl methyl sites for hydroxylation is 1. The average Bonchev–Trinajstić information content (AvgIpc) is 3.18. The SMILES string of the molecule is Cc1nc(-c2ccc(Cl)s2)sc1C(=O)N1CCCC(CCC(=O)O)C1. The zero-order valence-corrected chi connectivity index (χ0v) is 16.2. The van der Waals surface area contributed by atoms with Crippen LogP contribution in [0.15, 0.2) is 12.1 Å². The number of thiazole rings is 1. The summed E-state index contributed by atoms with van der Waals surface area (Å²) >= 11 is 8.84. The summed E-state index contributed by atoms with van der Waals surface area (Å²) in [5.41, 5.74) is 0.738. The van der Waals surface area contributed by atoms with Crippen molar-refractivity contribution < 1.29 is 14.7 Å². The van der Waals surface area contributed by atoms with E-state index in [1.54, 1.807) is 0 Å². The van der Waals surface area contributed by atoms with Gasteiger partial charge in [-0.2, -0.15) is 0 Å². The highest BCUT2D eigenvalue weighted by molar-refractivity contribution is 7.24. The first-order valence-electron chi connectivity index (χ1n) is 8.18. The molecule has 0 bridgehead atoms. The van der Waals surface area contributed by atoms with E-state index in [2.05, 4.69) is 4.98 Å². The summed E-state index contributed by atoms with van der Waals surface area (Å²) in [7, 11) is 0. The Labute approximate surface area is 159 Å². The largest absolute Gasteiger partial charge is 0.481 e. The van der Waals surface area contributed by atoms with Crippen LogP contribution in [0.3, 0.4) is 0 Å². The minimum Gasteiger partial charge on any atom is -0.481 e. The van der Waals surface area contributed by atoms with E-state index in [9.17, 15) is 9.59 Å². The molecule has 1 amide bonds. The van der Waals surface area contributed by atoms with Crippen LogP contribution in [0.4, 0.5) is 0 Å². The van der Waals surface area contributed by atoms with Crippen LogP contribution in [-0.2, 0) is 4.79 Å². The molecular formula is C17H19ClN2O3S2. The fourth-order valence-electron chi connectivity index (χ4n) is 3.09. The zero-order valence-electron chi connectivity index (χ0n) is 13.8. The number of likely N-dealkylation sites (tertiary alicyclic amines) is 1. The number of rotatable bonds is 5. The molecule has 8 heteroatoms. The third-order valence-electron chi connectivity index (χ3n) is 4.35. The Morgan fingerprint density at radius 1 is 1.40 bits per heavy atom. The lowest BCUT2D eigenvalue weighted by atomic mass is 9.93. The molecule has 134 valence electrons. The van der Waals surface area contributed by atoms with Crippen LogP contribution in [0.1, 0.15) is 41.0 Å². The monoisotopic (exact) mass is 398 g/mol. The second-order valence-corrected chi connectivity index (χ2v) is 8.94. The Hall–Kier alpha value is -1.44. The third-order valence-corrected chi connectivity index (χ3v) is 6.89. The number of carboxylic acid groups (broad SMARTS) is 1. The normalized spacial score (nSPS) is 17.7. The van der Waals surface area contributed by atoms with Gasteiger partial charge in [0.2, 0.25) is 0 Å². The summed E-state index contributed by atoms with van der Waals surface area (Å²) in [6.07, 6.45) is 2.69. The lowest BCUT2D eigenvalue weighted by Crippen LogP contribution is -2.40. The number of aromatic nitrogens is 1. The number of thiophene rings is 1. The molecule has 1 aliphatic rings. The lowest BCUT2D eigenvalue weighted by molar-refractivity contribution is -0.137. The van der Waals surface area contributed by atoms with Crippen LogP contribution in [0.25, 0.3) is 9.88 Å². The molecule has 0 radical (unpaired) electrons. The van der Waals surface area contributed by atoms with Crippen molar-refractivity contribution in [2.45, 2.75) is 32.6 Å². The zero-order chi connectivity index (χ0) is 18.0. The van der Waals surface area contributed by atoms with Crippen molar-refractivity contribution in [1.29, 1.82) is 0 Å². The van der Waals surface area contributed by atoms with Crippen LogP contribution in [0.2, 0.25) is 4.34 Å². The predicted octanol–water partition coefficient (Wildman–Crippen LogP) is 4.55. The van der Waals surface area contributed by atoms with Crippen molar-refractivity contribution in [2.75, 3.05) is 13.1 Å².